The smallest absolute Gasteiger partial charge is 0.251 e. The maximum Gasteiger partial charge on any atom is 0.251 e. The Morgan fingerprint density at radius 1 is 1.07 bits per heavy atom. The third-order valence-electron chi connectivity index (χ3n) is 5.97. The van der Waals surface area contributed by atoms with Crippen molar-refractivity contribution in [2.75, 3.05) is 13.1 Å². The molecule has 2 fully saturated rings. The molecule has 2 aliphatic rings. The van der Waals surface area contributed by atoms with Crippen LogP contribution in [0.25, 0.3) is 0 Å². The van der Waals surface area contributed by atoms with Gasteiger partial charge in [0, 0.05) is 33.7 Å². The summed E-state index contributed by atoms with van der Waals surface area (Å²) in [5.74, 6) is 0.405. The van der Waals surface area contributed by atoms with Crippen molar-refractivity contribution < 1.29 is 9.59 Å². The topological polar surface area (TPSA) is 70.2 Å². The number of halogens is 2. The monoisotopic (exact) mass is 425 g/mol. The molecule has 3 rings (SSSR count). The fourth-order valence-corrected chi connectivity index (χ4v) is 4.57. The van der Waals surface area contributed by atoms with Gasteiger partial charge >= 0.3 is 0 Å². The van der Waals surface area contributed by atoms with Crippen LogP contribution in [-0.2, 0) is 4.79 Å². The van der Waals surface area contributed by atoms with Gasteiger partial charge in [0.25, 0.3) is 5.91 Å². The highest BCUT2D eigenvalue weighted by molar-refractivity contribution is 6.35. The van der Waals surface area contributed by atoms with E-state index in [9.17, 15) is 9.59 Å². The van der Waals surface area contributed by atoms with Crippen molar-refractivity contribution in [2.24, 2.45) is 5.92 Å². The van der Waals surface area contributed by atoms with Crippen molar-refractivity contribution in [3.8, 4) is 0 Å². The summed E-state index contributed by atoms with van der Waals surface area (Å²) in [4.78, 5) is 24.4. The third kappa shape index (κ3) is 6.10. The van der Waals surface area contributed by atoms with Gasteiger partial charge in [-0.05, 0) is 76.0 Å². The standard InChI is InChI=1S/C21H29Cl2N3O2/c1-21(7-2-8-21)26-19(27)13-24-18-5-3-14(4-6-18)12-25-20(28)15-9-16(22)11-17(23)10-15/h9-11,14,18,24H,2-8,12-13H2,1H3,(H,25,28)(H,26,27)/t14-,18-. The van der Waals surface area contributed by atoms with E-state index in [1.807, 2.05) is 0 Å². The number of hydrogen-bond acceptors (Lipinski definition) is 3. The van der Waals surface area contributed by atoms with Crippen molar-refractivity contribution in [2.45, 2.75) is 63.5 Å². The van der Waals surface area contributed by atoms with Gasteiger partial charge in [-0.3, -0.25) is 9.59 Å². The fourth-order valence-electron chi connectivity index (χ4n) is 4.04. The Bertz CT molecular complexity index is 693. The average molecular weight is 426 g/mol. The lowest BCUT2D eigenvalue weighted by molar-refractivity contribution is -0.123. The maximum atomic E-state index is 12.3. The van der Waals surface area contributed by atoms with Gasteiger partial charge in [0.15, 0.2) is 0 Å². The number of carbonyl (C=O) groups excluding carboxylic acids is 2. The highest BCUT2D eigenvalue weighted by Crippen LogP contribution is 2.30. The second kappa shape index (κ2) is 9.47. The zero-order valence-electron chi connectivity index (χ0n) is 16.3. The predicted molar refractivity (Wildman–Crippen MR) is 113 cm³/mol. The van der Waals surface area contributed by atoms with Gasteiger partial charge in [-0.2, -0.15) is 0 Å². The van der Waals surface area contributed by atoms with Gasteiger partial charge in [0.05, 0.1) is 6.54 Å². The van der Waals surface area contributed by atoms with E-state index in [4.69, 9.17) is 23.2 Å². The van der Waals surface area contributed by atoms with Gasteiger partial charge in [-0.15, -0.1) is 0 Å². The minimum absolute atomic E-state index is 0.0157. The van der Waals surface area contributed by atoms with Crippen molar-refractivity contribution in [3.05, 3.63) is 33.8 Å². The van der Waals surface area contributed by atoms with Gasteiger partial charge in [-0.25, -0.2) is 0 Å². The quantitative estimate of drug-likeness (QED) is 0.619. The summed E-state index contributed by atoms with van der Waals surface area (Å²) in [6.07, 6.45) is 7.48. The van der Waals surface area contributed by atoms with E-state index in [0.29, 0.717) is 40.7 Å². The summed E-state index contributed by atoms with van der Waals surface area (Å²) in [6.45, 7) is 3.15. The van der Waals surface area contributed by atoms with Gasteiger partial charge in [-0.1, -0.05) is 23.2 Å². The molecule has 1 aromatic carbocycles. The minimum atomic E-state index is -0.147. The predicted octanol–water partition coefficient (Wildman–Crippen LogP) is 3.93. The largest absolute Gasteiger partial charge is 0.352 e. The molecular formula is C21H29Cl2N3O2. The second-order valence-corrected chi connectivity index (χ2v) is 9.30. The van der Waals surface area contributed by atoms with E-state index in [0.717, 1.165) is 38.5 Å². The Morgan fingerprint density at radius 2 is 1.71 bits per heavy atom. The first-order valence-electron chi connectivity index (χ1n) is 10.1. The molecule has 0 spiro atoms. The molecule has 0 radical (unpaired) electrons. The second-order valence-electron chi connectivity index (χ2n) is 8.43. The number of nitrogens with one attached hydrogen (secondary N) is 3. The molecule has 2 amide bonds. The summed E-state index contributed by atoms with van der Waals surface area (Å²) in [5.41, 5.74) is 0.501. The molecular weight excluding hydrogens is 397 g/mol. The van der Waals surface area contributed by atoms with Crippen LogP contribution in [0.4, 0.5) is 0 Å². The molecule has 0 atom stereocenters. The van der Waals surface area contributed by atoms with Crippen molar-refractivity contribution >= 4 is 35.0 Å². The molecule has 0 aromatic heterocycles. The molecule has 2 saturated carbocycles. The van der Waals surface area contributed by atoms with E-state index >= 15 is 0 Å². The summed E-state index contributed by atoms with van der Waals surface area (Å²) < 4.78 is 0. The molecule has 0 unspecified atom stereocenters. The Hall–Kier alpha value is -1.30. The minimum Gasteiger partial charge on any atom is -0.352 e. The molecule has 5 nitrogen and oxygen atoms in total. The molecule has 154 valence electrons. The van der Waals surface area contributed by atoms with Gasteiger partial charge in [0.2, 0.25) is 5.91 Å². The Morgan fingerprint density at radius 3 is 2.29 bits per heavy atom. The van der Waals surface area contributed by atoms with Crippen LogP contribution in [0.15, 0.2) is 18.2 Å². The molecule has 0 saturated heterocycles. The number of hydrogen-bond donors (Lipinski definition) is 3. The fraction of sp³-hybridized carbons (Fsp3) is 0.619. The molecule has 0 heterocycles. The summed E-state index contributed by atoms with van der Waals surface area (Å²) in [5, 5.41) is 10.4. The lowest BCUT2D eigenvalue weighted by Gasteiger charge is -2.39. The van der Waals surface area contributed by atoms with E-state index in [2.05, 4.69) is 22.9 Å². The zero-order chi connectivity index (χ0) is 20.1. The van der Waals surface area contributed by atoms with Crippen LogP contribution in [0.5, 0.6) is 0 Å². The Labute approximate surface area is 176 Å². The van der Waals surface area contributed by atoms with Crippen molar-refractivity contribution in [3.63, 3.8) is 0 Å². The Kier molecular flexibility index (Phi) is 7.24. The molecule has 1 aromatic rings. The maximum absolute atomic E-state index is 12.3. The molecule has 28 heavy (non-hydrogen) atoms. The SMILES string of the molecule is CC1(NC(=O)CN[C@H]2CC[C@H](CNC(=O)c3cc(Cl)cc(Cl)c3)CC2)CCC1. The molecule has 0 aliphatic heterocycles. The van der Waals surface area contributed by atoms with E-state index in [-0.39, 0.29) is 17.4 Å². The first-order chi connectivity index (χ1) is 13.3. The number of rotatable bonds is 7. The van der Waals surface area contributed by atoms with Crippen LogP contribution in [0.2, 0.25) is 10.0 Å². The molecule has 2 aliphatic carbocycles. The summed E-state index contributed by atoms with van der Waals surface area (Å²) in [6, 6.07) is 5.23. The molecule has 7 heteroatoms. The number of benzene rings is 1. The molecule has 3 N–H and O–H groups in total. The van der Waals surface area contributed by atoms with Crippen molar-refractivity contribution in [1.29, 1.82) is 0 Å². The van der Waals surface area contributed by atoms with Crippen LogP contribution >= 0.6 is 23.2 Å². The zero-order valence-corrected chi connectivity index (χ0v) is 17.8. The first-order valence-corrected chi connectivity index (χ1v) is 10.9. The van der Waals surface area contributed by atoms with E-state index in [1.54, 1.807) is 18.2 Å². The van der Waals surface area contributed by atoms with Crippen LogP contribution in [0.3, 0.4) is 0 Å². The highest BCUT2D eigenvalue weighted by atomic mass is 35.5. The number of carbonyl (C=O) groups is 2. The summed E-state index contributed by atoms with van der Waals surface area (Å²) >= 11 is 11.9. The highest BCUT2D eigenvalue weighted by Gasteiger charge is 2.33. The normalized spacial score (nSPS) is 23.5. The van der Waals surface area contributed by atoms with Crippen LogP contribution in [0, 0.1) is 5.92 Å². The first kappa shape index (κ1) is 21.4. The lowest BCUT2D eigenvalue weighted by Crippen LogP contribution is -2.53. The van der Waals surface area contributed by atoms with Gasteiger partial charge < -0.3 is 16.0 Å². The average Bonchev–Trinajstić information content (AvgIpc) is 2.63. The van der Waals surface area contributed by atoms with Crippen LogP contribution in [0.1, 0.15) is 62.2 Å². The van der Waals surface area contributed by atoms with E-state index in [1.165, 1.54) is 6.42 Å². The lowest BCUT2D eigenvalue weighted by atomic mass is 9.78. The third-order valence-corrected chi connectivity index (χ3v) is 6.41. The van der Waals surface area contributed by atoms with Crippen LogP contribution in [-0.4, -0.2) is 36.5 Å². The molecule has 0 bridgehead atoms. The Balaban J connectivity index is 1.33. The van der Waals surface area contributed by atoms with Crippen molar-refractivity contribution in [1.82, 2.24) is 16.0 Å². The number of amides is 2. The summed E-state index contributed by atoms with van der Waals surface area (Å²) in [7, 11) is 0. The van der Waals surface area contributed by atoms with Gasteiger partial charge in [0.1, 0.15) is 0 Å². The van der Waals surface area contributed by atoms with E-state index < -0.39 is 0 Å². The van der Waals surface area contributed by atoms with Crippen LogP contribution < -0.4 is 16.0 Å².